The molecule has 0 aromatic rings. The maximum atomic E-state index is 6.29. The molecule has 18 heavy (non-hydrogen) atoms. The predicted molar refractivity (Wildman–Crippen MR) is 77.7 cm³/mol. The number of hydrogen-bond donors (Lipinski definition) is 1. The van der Waals surface area contributed by atoms with Crippen molar-refractivity contribution in [3.63, 3.8) is 0 Å². The molecule has 1 fully saturated rings. The Bertz CT molecular complexity index is 211. The van der Waals surface area contributed by atoms with E-state index in [2.05, 4.69) is 18.9 Å². The summed E-state index contributed by atoms with van der Waals surface area (Å²) in [7, 11) is 3.98. The summed E-state index contributed by atoms with van der Waals surface area (Å²) in [4.78, 5) is 2.43. The average molecular weight is 256 g/mol. The molecule has 0 amide bonds. The summed E-state index contributed by atoms with van der Waals surface area (Å²) >= 11 is 0. The van der Waals surface area contributed by atoms with Crippen LogP contribution in [0.5, 0.6) is 0 Å². The SMILES string of the molecule is CCCC1CCC(N)C(CN(C)CCCOC)C1. The topological polar surface area (TPSA) is 38.5 Å². The van der Waals surface area contributed by atoms with Crippen LogP contribution in [0.25, 0.3) is 0 Å². The summed E-state index contributed by atoms with van der Waals surface area (Å²) in [6.07, 6.45) is 7.73. The first-order valence-electron chi connectivity index (χ1n) is 7.60. The standard InChI is InChI=1S/C15H32N2O/c1-4-6-13-7-8-15(16)14(11-13)12-17(2)9-5-10-18-3/h13-15H,4-12,16H2,1-3H3. The van der Waals surface area contributed by atoms with Gasteiger partial charge in [0.15, 0.2) is 0 Å². The molecule has 3 atom stereocenters. The number of ether oxygens (including phenoxy) is 1. The molecule has 0 spiro atoms. The van der Waals surface area contributed by atoms with Crippen LogP contribution in [-0.2, 0) is 4.74 Å². The summed E-state index contributed by atoms with van der Waals surface area (Å²) in [6, 6.07) is 0.419. The van der Waals surface area contributed by atoms with Crippen LogP contribution in [0.3, 0.4) is 0 Å². The summed E-state index contributed by atoms with van der Waals surface area (Å²) in [5.74, 6) is 1.62. The molecule has 3 nitrogen and oxygen atoms in total. The lowest BCUT2D eigenvalue weighted by Gasteiger charge is -2.36. The van der Waals surface area contributed by atoms with Crippen molar-refractivity contribution < 1.29 is 4.74 Å². The number of hydrogen-bond acceptors (Lipinski definition) is 3. The van der Waals surface area contributed by atoms with Gasteiger partial charge in [-0.1, -0.05) is 19.8 Å². The molecule has 2 N–H and O–H groups in total. The zero-order valence-electron chi connectivity index (χ0n) is 12.5. The van der Waals surface area contributed by atoms with E-state index in [0.717, 1.165) is 32.0 Å². The molecule has 0 heterocycles. The highest BCUT2D eigenvalue weighted by Gasteiger charge is 2.28. The molecular weight excluding hydrogens is 224 g/mol. The van der Waals surface area contributed by atoms with Gasteiger partial charge in [0, 0.05) is 32.8 Å². The van der Waals surface area contributed by atoms with Crippen molar-refractivity contribution in [3.05, 3.63) is 0 Å². The molecule has 0 bridgehead atoms. The number of nitrogens with zero attached hydrogens (tertiary/aromatic N) is 1. The van der Waals surface area contributed by atoms with Gasteiger partial charge < -0.3 is 15.4 Å². The minimum atomic E-state index is 0.419. The lowest BCUT2D eigenvalue weighted by molar-refractivity contribution is 0.148. The summed E-state index contributed by atoms with van der Waals surface area (Å²) in [5, 5.41) is 0. The van der Waals surface area contributed by atoms with Crippen LogP contribution in [0.4, 0.5) is 0 Å². The molecule has 0 radical (unpaired) electrons. The fraction of sp³-hybridized carbons (Fsp3) is 1.00. The van der Waals surface area contributed by atoms with Gasteiger partial charge >= 0.3 is 0 Å². The van der Waals surface area contributed by atoms with Gasteiger partial charge in [0.1, 0.15) is 0 Å². The van der Waals surface area contributed by atoms with E-state index in [1.807, 2.05) is 0 Å². The lowest BCUT2D eigenvalue weighted by atomic mass is 9.76. The van der Waals surface area contributed by atoms with E-state index in [4.69, 9.17) is 10.5 Å². The van der Waals surface area contributed by atoms with Crippen LogP contribution >= 0.6 is 0 Å². The Morgan fingerprint density at radius 1 is 1.33 bits per heavy atom. The monoisotopic (exact) mass is 256 g/mol. The van der Waals surface area contributed by atoms with Crippen LogP contribution in [0, 0.1) is 11.8 Å². The summed E-state index contributed by atoms with van der Waals surface area (Å²) in [5.41, 5.74) is 6.29. The van der Waals surface area contributed by atoms with E-state index < -0.39 is 0 Å². The fourth-order valence-corrected chi connectivity index (χ4v) is 3.24. The van der Waals surface area contributed by atoms with E-state index >= 15 is 0 Å². The van der Waals surface area contributed by atoms with Gasteiger partial charge in [0.05, 0.1) is 0 Å². The normalized spacial score (nSPS) is 28.8. The minimum Gasteiger partial charge on any atom is -0.385 e. The zero-order chi connectivity index (χ0) is 13.4. The van der Waals surface area contributed by atoms with Gasteiger partial charge in [-0.25, -0.2) is 0 Å². The van der Waals surface area contributed by atoms with Gasteiger partial charge in [-0.15, -0.1) is 0 Å². The molecule has 108 valence electrons. The zero-order valence-corrected chi connectivity index (χ0v) is 12.5. The third-order valence-corrected chi connectivity index (χ3v) is 4.28. The van der Waals surface area contributed by atoms with Gasteiger partial charge in [-0.05, 0) is 44.6 Å². The molecule has 3 unspecified atom stereocenters. The Kier molecular flexibility index (Phi) is 7.87. The van der Waals surface area contributed by atoms with Crippen LogP contribution in [0.15, 0.2) is 0 Å². The first-order valence-corrected chi connectivity index (χ1v) is 7.60. The Morgan fingerprint density at radius 3 is 2.78 bits per heavy atom. The molecule has 1 aliphatic rings. The van der Waals surface area contributed by atoms with E-state index in [1.54, 1.807) is 7.11 Å². The first-order chi connectivity index (χ1) is 8.67. The predicted octanol–water partition coefficient (Wildman–Crippen LogP) is 2.50. The van der Waals surface area contributed by atoms with E-state index in [-0.39, 0.29) is 0 Å². The molecule has 1 aliphatic carbocycles. The summed E-state index contributed by atoms with van der Waals surface area (Å²) in [6.45, 7) is 5.43. The maximum Gasteiger partial charge on any atom is 0.0474 e. The molecule has 0 aromatic carbocycles. The van der Waals surface area contributed by atoms with Crippen molar-refractivity contribution in [2.45, 2.75) is 51.5 Å². The highest BCUT2D eigenvalue weighted by Crippen LogP contribution is 2.31. The Labute approximate surface area is 113 Å². The molecule has 3 heteroatoms. The van der Waals surface area contributed by atoms with Crippen LogP contribution in [0.2, 0.25) is 0 Å². The Hall–Kier alpha value is -0.120. The third kappa shape index (κ3) is 5.68. The lowest BCUT2D eigenvalue weighted by Crippen LogP contribution is -2.42. The Balaban J connectivity index is 2.28. The van der Waals surface area contributed by atoms with Crippen molar-refractivity contribution in [1.82, 2.24) is 4.90 Å². The fourth-order valence-electron chi connectivity index (χ4n) is 3.24. The molecular formula is C15H32N2O. The second-order valence-electron chi connectivity index (χ2n) is 6.00. The van der Waals surface area contributed by atoms with E-state index in [1.165, 1.54) is 32.1 Å². The highest BCUT2D eigenvalue weighted by atomic mass is 16.5. The van der Waals surface area contributed by atoms with Crippen LogP contribution in [-0.4, -0.2) is 44.8 Å². The third-order valence-electron chi connectivity index (χ3n) is 4.28. The van der Waals surface area contributed by atoms with Crippen molar-refractivity contribution in [2.24, 2.45) is 17.6 Å². The van der Waals surface area contributed by atoms with Gasteiger partial charge in [0.2, 0.25) is 0 Å². The van der Waals surface area contributed by atoms with E-state index in [9.17, 15) is 0 Å². The van der Waals surface area contributed by atoms with E-state index in [0.29, 0.717) is 12.0 Å². The molecule has 0 aliphatic heterocycles. The molecule has 0 aromatic heterocycles. The molecule has 0 saturated heterocycles. The second kappa shape index (κ2) is 8.89. The summed E-state index contributed by atoms with van der Waals surface area (Å²) < 4.78 is 5.10. The maximum absolute atomic E-state index is 6.29. The van der Waals surface area contributed by atoms with Crippen molar-refractivity contribution in [3.8, 4) is 0 Å². The van der Waals surface area contributed by atoms with Crippen LogP contribution < -0.4 is 5.73 Å². The molecule has 1 saturated carbocycles. The smallest absolute Gasteiger partial charge is 0.0474 e. The number of methoxy groups -OCH3 is 1. The average Bonchev–Trinajstić information content (AvgIpc) is 2.34. The van der Waals surface area contributed by atoms with Crippen molar-refractivity contribution in [2.75, 3.05) is 33.9 Å². The minimum absolute atomic E-state index is 0.419. The first kappa shape index (κ1) is 15.9. The van der Waals surface area contributed by atoms with Crippen molar-refractivity contribution >= 4 is 0 Å². The Morgan fingerprint density at radius 2 is 2.11 bits per heavy atom. The van der Waals surface area contributed by atoms with Gasteiger partial charge in [-0.3, -0.25) is 0 Å². The van der Waals surface area contributed by atoms with Gasteiger partial charge in [0.25, 0.3) is 0 Å². The highest BCUT2D eigenvalue weighted by molar-refractivity contribution is 4.84. The number of rotatable bonds is 8. The molecule has 1 rings (SSSR count). The number of nitrogens with two attached hydrogens (primary N) is 1. The van der Waals surface area contributed by atoms with Crippen molar-refractivity contribution in [1.29, 1.82) is 0 Å². The van der Waals surface area contributed by atoms with Gasteiger partial charge in [-0.2, -0.15) is 0 Å². The second-order valence-corrected chi connectivity index (χ2v) is 6.00. The largest absolute Gasteiger partial charge is 0.385 e. The quantitative estimate of drug-likeness (QED) is 0.678. The van der Waals surface area contributed by atoms with Crippen LogP contribution in [0.1, 0.15) is 45.4 Å².